The molecule has 19 heavy (non-hydrogen) atoms. The number of nitrogens with one attached hydrogen (secondary N) is 1. The number of hydrogen-bond donors (Lipinski definition) is 1. The third-order valence-electron chi connectivity index (χ3n) is 4.36. The van der Waals surface area contributed by atoms with E-state index in [1.807, 2.05) is 0 Å². The third kappa shape index (κ3) is 3.31. The molecule has 2 fully saturated rings. The number of hydrogen-bond acceptors (Lipinski definition) is 3. The Morgan fingerprint density at radius 1 is 1.37 bits per heavy atom. The molecular weight excluding hydrogens is 241 g/mol. The topological polar surface area (TPSA) is 28.2 Å². The Kier molecular flexibility index (Phi) is 3.80. The number of rotatable bonds is 3. The van der Waals surface area contributed by atoms with Gasteiger partial charge in [0.2, 0.25) is 0 Å². The average Bonchev–Trinajstić information content (AvgIpc) is 3.19. The van der Waals surface area contributed by atoms with Crippen molar-refractivity contribution in [1.82, 2.24) is 15.2 Å². The van der Waals surface area contributed by atoms with Crippen molar-refractivity contribution in [2.24, 2.45) is 5.92 Å². The summed E-state index contributed by atoms with van der Waals surface area (Å²) in [5.74, 6) is 0.621. The molecule has 1 aliphatic heterocycles. The fourth-order valence-corrected chi connectivity index (χ4v) is 2.97. The van der Waals surface area contributed by atoms with E-state index < -0.39 is 0 Å². The molecule has 1 aromatic rings. The minimum absolute atomic E-state index is 0.239. The second-order valence-corrected chi connectivity index (χ2v) is 5.98. The van der Waals surface area contributed by atoms with E-state index in [1.54, 1.807) is 12.3 Å². The fraction of sp³-hybridized carbons (Fsp3) is 0.667. The molecule has 2 heterocycles. The molecular formula is C15H22FN3. The van der Waals surface area contributed by atoms with E-state index in [-0.39, 0.29) is 5.82 Å². The lowest BCUT2D eigenvalue weighted by atomic mass is 10.1. The van der Waals surface area contributed by atoms with Crippen LogP contribution in [-0.4, -0.2) is 35.1 Å². The Morgan fingerprint density at radius 3 is 2.95 bits per heavy atom. The van der Waals surface area contributed by atoms with Crippen molar-refractivity contribution in [3.63, 3.8) is 0 Å². The molecule has 0 bridgehead atoms. The van der Waals surface area contributed by atoms with Crippen molar-refractivity contribution in [2.75, 3.05) is 13.1 Å². The summed E-state index contributed by atoms with van der Waals surface area (Å²) >= 11 is 0. The SMILES string of the molecule is CC1CCNC(C2CC2)CN1Cc1cncc(F)c1. The fourth-order valence-electron chi connectivity index (χ4n) is 2.97. The first-order valence-corrected chi connectivity index (χ1v) is 7.29. The minimum Gasteiger partial charge on any atom is -0.312 e. The molecule has 104 valence electrons. The molecule has 1 saturated carbocycles. The van der Waals surface area contributed by atoms with Gasteiger partial charge in [-0.05, 0) is 50.3 Å². The molecule has 1 aliphatic carbocycles. The summed E-state index contributed by atoms with van der Waals surface area (Å²) in [4.78, 5) is 6.42. The first-order chi connectivity index (χ1) is 9.22. The third-order valence-corrected chi connectivity index (χ3v) is 4.36. The molecule has 0 aromatic carbocycles. The van der Waals surface area contributed by atoms with Gasteiger partial charge in [0.05, 0.1) is 6.20 Å². The lowest BCUT2D eigenvalue weighted by Crippen LogP contribution is -2.40. The zero-order valence-corrected chi connectivity index (χ0v) is 11.5. The normalized spacial score (nSPS) is 29.2. The van der Waals surface area contributed by atoms with E-state index >= 15 is 0 Å². The highest BCUT2D eigenvalue weighted by Crippen LogP contribution is 2.34. The average molecular weight is 263 g/mol. The predicted octanol–water partition coefficient (Wildman–Crippen LogP) is 2.18. The van der Waals surface area contributed by atoms with E-state index in [0.717, 1.165) is 37.5 Å². The Labute approximate surface area is 114 Å². The minimum atomic E-state index is -0.239. The zero-order chi connectivity index (χ0) is 13.2. The second kappa shape index (κ2) is 5.55. The summed E-state index contributed by atoms with van der Waals surface area (Å²) in [5, 5.41) is 3.67. The van der Waals surface area contributed by atoms with Crippen LogP contribution in [-0.2, 0) is 6.54 Å². The molecule has 2 unspecified atom stereocenters. The van der Waals surface area contributed by atoms with Gasteiger partial charge in [0, 0.05) is 31.4 Å². The first-order valence-electron chi connectivity index (χ1n) is 7.29. The van der Waals surface area contributed by atoms with Crippen LogP contribution in [0.3, 0.4) is 0 Å². The van der Waals surface area contributed by atoms with Crippen LogP contribution in [0, 0.1) is 11.7 Å². The van der Waals surface area contributed by atoms with E-state index in [0.29, 0.717) is 12.1 Å². The molecule has 4 heteroatoms. The van der Waals surface area contributed by atoms with Crippen LogP contribution in [0.4, 0.5) is 4.39 Å². The van der Waals surface area contributed by atoms with Crippen LogP contribution in [0.5, 0.6) is 0 Å². The number of aromatic nitrogens is 1. The van der Waals surface area contributed by atoms with Crippen LogP contribution in [0.25, 0.3) is 0 Å². The Hall–Kier alpha value is -1.00. The summed E-state index contributed by atoms with van der Waals surface area (Å²) in [7, 11) is 0. The lowest BCUT2D eigenvalue weighted by molar-refractivity contribution is 0.190. The number of pyridine rings is 1. The van der Waals surface area contributed by atoms with Crippen LogP contribution in [0.15, 0.2) is 18.5 Å². The van der Waals surface area contributed by atoms with Gasteiger partial charge in [-0.3, -0.25) is 9.88 Å². The van der Waals surface area contributed by atoms with Crippen LogP contribution in [0.1, 0.15) is 31.7 Å². The number of halogens is 1. The van der Waals surface area contributed by atoms with Gasteiger partial charge >= 0.3 is 0 Å². The monoisotopic (exact) mass is 263 g/mol. The molecule has 1 saturated heterocycles. The lowest BCUT2D eigenvalue weighted by Gasteiger charge is -2.29. The molecule has 1 N–H and O–H groups in total. The maximum absolute atomic E-state index is 13.2. The molecule has 0 amide bonds. The highest BCUT2D eigenvalue weighted by molar-refractivity contribution is 5.10. The van der Waals surface area contributed by atoms with Crippen molar-refractivity contribution in [3.05, 3.63) is 29.8 Å². The highest BCUT2D eigenvalue weighted by atomic mass is 19.1. The second-order valence-electron chi connectivity index (χ2n) is 5.98. The maximum Gasteiger partial charge on any atom is 0.141 e. The maximum atomic E-state index is 13.2. The standard InChI is InChI=1S/C15H22FN3/c1-11-4-5-18-15(13-2-3-13)10-19(11)9-12-6-14(16)8-17-7-12/h6-8,11,13,15,18H,2-5,9-10H2,1H3. The predicted molar refractivity (Wildman–Crippen MR) is 73.2 cm³/mol. The molecule has 0 radical (unpaired) electrons. The Balaban J connectivity index is 1.69. The quantitative estimate of drug-likeness (QED) is 0.906. The molecule has 1 aromatic heterocycles. The van der Waals surface area contributed by atoms with E-state index in [1.165, 1.54) is 19.0 Å². The van der Waals surface area contributed by atoms with E-state index in [4.69, 9.17) is 0 Å². The van der Waals surface area contributed by atoms with Crippen molar-refractivity contribution in [1.29, 1.82) is 0 Å². The van der Waals surface area contributed by atoms with Crippen molar-refractivity contribution in [3.8, 4) is 0 Å². The van der Waals surface area contributed by atoms with Gasteiger partial charge in [-0.15, -0.1) is 0 Å². The van der Waals surface area contributed by atoms with Crippen LogP contribution >= 0.6 is 0 Å². The van der Waals surface area contributed by atoms with Crippen molar-refractivity contribution < 1.29 is 4.39 Å². The zero-order valence-electron chi connectivity index (χ0n) is 11.5. The molecule has 2 aliphatic rings. The van der Waals surface area contributed by atoms with Gasteiger partial charge < -0.3 is 5.32 Å². The first kappa shape index (κ1) is 13.0. The van der Waals surface area contributed by atoms with Gasteiger partial charge in [-0.25, -0.2) is 4.39 Å². The van der Waals surface area contributed by atoms with Gasteiger partial charge in [-0.2, -0.15) is 0 Å². The molecule has 2 atom stereocenters. The van der Waals surface area contributed by atoms with Gasteiger partial charge in [0.1, 0.15) is 5.82 Å². The van der Waals surface area contributed by atoms with Gasteiger partial charge in [-0.1, -0.05) is 0 Å². The summed E-state index contributed by atoms with van der Waals surface area (Å²) in [5.41, 5.74) is 0.975. The summed E-state index contributed by atoms with van der Waals surface area (Å²) < 4.78 is 13.2. The van der Waals surface area contributed by atoms with Crippen molar-refractivity contribution in [2.45, 2.75) is 44.8 Å². The summed E-state index contributed by atoms with van der Waals surface area (Å²) in [6, 6.07) is 2.76. The highest BCUT2D eigenvalue weighted by Gasteiger charge is 2.34. The molecule has 3 rings (SSSR count). The molecule has 0 spiro atoms. The Bertz CT molecular complexity index is 433. The molecule has 3 nitrogen and oxygen atoms in total. The smallest absolute Gasteiger partial charge is 0.141 e. The van der Waals surface area contributed by atoms with Gasteiger partial charge in [0.15, 0.2) is 0 Å². The van der Waals surface area contributed by atoms with Crippen molar-refractivity contribution >= 4 is 0 Å². The van der Waals surface area contributed by atoms with Crippen LogP contribution in [0.2, 0.25) is 0 Å². The van der Waals surface area contributed by atoms with Gasteiger partial charge in [0.25, 0.3) is 0 Å². The van der Waals surface area contributed by atoms with E-state index in [9.17, 15) is 4.39 Å². The number of nitrogens with zero attached hydrogens (tertiary/aromatic N) is 2. The largest absolute Gasteiger partial charge is 0.312 e. The van der Waals surface area contributed by atoms with Crippen LogP contribution < -0.4 is 5.32 Å². The summed E-state index contributed by atoms with van der Waals surface area (Å²) in [6.45, 7) is 5.24. The van der Waals surface area contributed by atoms with E-state index in [2.05, 4.69) is 22.1 Å². The Morgan fingerprint density at radius 2 is 2.21 bits per heavy atom. The summed E-state index contributed by atoms with van der Waals surface area (Å²) in [6.07, 6.45) is 6.93.